The number of rotatable bonds is 6. The van der Waals surface area contributed by atoms with E-state index in [4.69, 9.17) is 18.0 Å². The van der Waals surface area contributed by atoms with Crippen LogP contribution in [0.3, 0.4) is 0 Å². The fourth-order valence-electron chi connectivity index (χ4n) is 1.79. The molecule has 3 N–H and O–H groups in total. The van der Waals surface area contributed by atoms with Gasteiger partial charge >= 0.3 is 0 Å². The zero-order chi connectivity index (χ0) is 15.5. The smallest absolute Gasteiger partial charge is 0.241 e. The van der Waals surface area contributed by atoms with Crippen LogP contribution < -0.4 is 10.5 Å². The lowest BCUT2D eigenvalue weighted by Gasteiger charge is -2.10. The molecule has 1 heterocycles. The van der Waals surface area contributed by atoms with Gasteiger partial charge in [0.2, 0.25) is 10.0 Å². The topological polar surface area (TPSA) is 85.1 Å². The molecule has 1 aromatic carbocycles. The van der Waals surface area contributed by atoms with Crippen LogP contribution in [0.5, 0.6) is 0 Å². The summed E-state index contributed by atoms with van der Waals surface area (Å²) in [6.07, 6.45) is 0.549. The molecular formula is C13H15N3O2S3. The third-order valence-electron chi connectivity index (χ3n) is 2.74. The Morgan fingerprint density at radius 1 is 1.43 bits per heavy atom. The van der Waals surface area contributed by atoms with Gasteiger partial charge in [0.1, 0.15) is 4.99 Å². The number of thiocarbonyl (C=S) groups is 1. The third kappa shape index (κ3) is 4.07. The van der Waals surface area contributed by atoms with E-state index in [1.165, 1.54) is 17.4 Å². The van der Waals surface area contributed by atoms with Gasteiger partial charge in [0.25, 0.3) is 0 Å². The Morgan fingerprint density at radius 2 is 2.14 bits per heavy atom. The number of nitrogens with zero attached hydrogens (tertiary/aromatic N) is 1. The normalized spacial score (nSPS) is 11.5. The predicted octanol–water partition coefficient (Wildman–Crippen LogP) is 1.61. The number of nitrogens with two attached hydrogens (primary N) is 1. The predicted molar refractivity (Wildman–Crippen MR) is 88.1 cm³/mol. The number of sulfonamides is 1. The summed E-state index contributed by atoms with van der Waals surface area (Å²) in [6.45, 7) is 2.18. The highest BCUT2D eigenvalue weighted by Crippen LogP contribution is 2.15. The van der Waals surface area contributed by atoms with Crippen molar-refractivity contribution in [3.8, 4) is 0 Å². The van der Waals surface area contributed by atoms with Gasteiger partial charge in [0.05, 0.1) is 9.90 Å². The van der Waals surface area contributed by atoms with Crippen molar-refractivity contribution >= 4 is 38.6 Å². The van der Waals surface area contributed by atoms with E-state index in [0.717, 1.165) is 10.7 Å². The Bertz CT molecular complexity index is 754. The van der Waals surface area contributed by atoms with E-state index in [9.17, 15) is 8.42 Å². The van der Waals surface area contributed by atoms with E-state index >= 15 is 0 Å². The van der Waals surface area contributed by atoms with Crippen molar-refractivity contribution in [2.45, 2.75) is 18.2 Å². The summed E-state index contributed by atoms with van der Waals surface area (Å²) in [6, 6.07) is 6.43. The Hall–Kier alpha value is -1.35. The molecule has 0 amide bonds. The van der Waals surface area contributed by atoms with Crippen LogP contribution in [-0.2, 0) is 16.4 Å². The zero-order valence-corrected chi connectivity index (χ0v) is 13.8. The summed E-state index contributed by atoms with van der Waals surface area (Å²) in [5.41, 5.74) is 6.86. The minimum absolute atomic E-state index is 0.0616. The second kappa shape index (κ2) is 6.61. The maximum atomic E-state index is 12.3. The lowest BCUT2D eigenvalue weighted by Crippen LogP contribution is -2.28. The standard InChI is InChI=1S/C13H15N3O2S3/c1-9-8-20-12(16-9)6-7-15-21(17,18)11-5-3-2-4-10(11)13(14)19/h2-5,8,15H,6-7H2,1H3,(H2,14,19). The number of aromatic nitrogens is 1. The van der Waals surface area contributed by atoms with Crippen molar-refractivity contribution in [2.24, 2.45) is 5.73 Å². The first-order valence-corrected chi connectivity index (χ1v) is 8.97. The maximum Gasteiger partial charge on any atom is 0.241 e. The molecule has 0 aliphatic rings. The average Bonchev–Trinajstić information content (AvgIpc) is 2.84. The van der Waals surface area contributed by atoms with Crippen LogP contribution >= 0.6 is 23.6 Å². The summed E-state index contributed by atoms with van der Waals surface area (Å²) in [7, 11) is -3.64. The Balaban J connectivity index is 2.10. The highest BCUT2D eigenvalue weighted by atomic mass is 32.2. The van der Waals surface area contributed by atoms with Gasteiger partial charge in [-0.3, -0.25) is 0 Å². The second-order valence-corrected chi connectivity index (χ2v) is 7.51. The lowest BCUT2D eigenvalue weighted by atomic mass is 10.2. The second-order valence-electron chi connectivity index (χ2n) is 4.39. The van der Waals surface area contributed by atoms with Gasteiger partial charge in [-0.15, -0.1) is 11.3 Å². The van der Waals surface area contributed by atoms with Gasteiger partial charge in [-0.05, 0) is 13.0 Å². The highest BCUT2D eigenvalue weighted by molar-refractivity contribution is 7.89. The Kier molecular flexibility index (Phi) is 5.04. The van der Waals surface area contributed by atoms with E-state index in [-0.39, 0.29) is 16.4 Å². The van der Waals surface area contributed by atoms with Crippen LogP contribution in [0, 0.1) is 6.92 Å². The first-order valence-electron chi connectivity index (χ1n) is 6.19. The summed E-state index contributed by atoms with van der Waals surface area (Å²) in [5, 5.41) is 2.84. The number of thiazole rings is 1. The molecule has 1 aromatic heterocycles. The molecule has 0 saturated carbocycles. The molecule has 8 heteroatoms. The van der Waals surface area contributed by atoms with E-state index in [1.54, 1.807) is 18.2 Å². The summed E-state index contributed by atoms with van der Waals surface area (Å²) < 4.78 is 27.2. The molecule has 0 radical (unpaired) electrons. The van der Waals surface area contributed by atoms with E-state index in [0.29, 0.717) is 12.0 Å². The number of benzene rings is 1. The summed E-state index contributed by atoms with van der Waals surface area (Å²) in [4.78, 5) is 4.46. The average molecular weight is 341 g/mol. The van der Waals surface area contributed by atoms with E-state index < -0.39 is 10.0 Å². The molecule has 0 unspecified atom stereocenters. The lowest BCUT2D eigenvalue weighted by molar-refractivity contribution is 0.581. The van der Waals surface area contributed by atoms with Gasteiger partial charge in [-0.1, -0.05) is 30.4 Å². The van der Waals surface area contributed by atoms with E-state index in [2.05, 4.69) is 9.71 Å². The first kappa shape index (κ1) is 16.0. The van der Waals surface area contributed by atoms with Gasteiger partial charge in [-0.2, -0.15) is 0 Å². The van der Waals surface area contributed by atoms with Crippen LogP contribution in [-0.4, -0.2) is 24.9 Å². The van der Waals surface area contributed by atoms with Gasteiger partial charge < -0.3 is 5.73 Å². The Labute approximate surface area is 133 Å². The first-order chi connectivity index (χ1) is 9.90. The Morgan fingerprint density at radius 3 is 2.76 bits per heavy atom. The van der Waals surface area contributed by atoms with Crippen LogP contribution in [0.4, 0.5) is 0 Å². The van der Waals surface area contributed by atoms with Gasteiger partial charge in [0, 0.05) is 29.6 Å². The van der Waals surface area contributed by atoms with Crippen molar-refractivity contribution in [1.29, 1.82) is 0 Å². The molecule has 0 saturated heterocycles. The third-order valence-corrected chi connectivity index (χ3v) is 5.51. The number of hydrogen-bond donors (Lipinski definition) is 2. The molecule has 2 rings (SSSR count). The fourth-order valence-corrected chi connectivity index (χ4v) is 4.06. The quantitative estimate of drug-likeness (QED) is 0.780. The van der Waals surface area contributed by atoms with Crippen LogP contribution in [0.2, 0.25) is 0 Å². The monoisotopic (exact) mass is 341 g/mol. The summed E-state index contributed by atoms with van der Waals surface area (Å²) >= 11 is 6.40. The van der Waals surface area contributed by atoms with Crippen molar-refractivity contribution in [1.82, 2.24) is 9.71 Å². The molecule has 0 bridgehead atoms. The summed E-state index contributed by atoms with van der Waals surface area (Å²) in [5.74, 6) is 0. The number of nitrogens with one attached hydrogen (secondary N) is 1. The van der Waals surface area contributed by atoms with Gasteiger partial charge in [0.15, 0.2) is 0 Å². The molecule has 2 aromatic rings. The molecule has 0 atom stereocenters. The van der Waals surface area contributed by atoms with Crippen molar-refractivity contribution in [3.63, 3.8) is 0 Å². The molecule has 0 aliphatic heterocycles. The molecule has 112 valence electrons. The zero-order valence-electron chi connectivity index (χ0n) is 11.4. The van der Waals surface area contributed by atoms with Crippen molar-refractivity contribution in [3.05, 3.63) is 45.9 Å². The highest BCUT2D eigenvalue weighted by Gasteiger charge is 2.18. The van der Waals surface area contributed by atoms with Crippen LogP contribution in [0.15, 0.2) is 34.5 Å². The molecular weight excluding hydrogens is 326 g/mol. The SMILES string of the molecule is Cc1csc(CCNS(=O)(=O)c2ccccc2C(N)=S)n1. The van der Waals surface area contributed by atoms with Crippen molar-refractivity contribution in [2.75, 3.05) is 6.54 Å². The molecule has 21 heavy (non-hydrogen) atoms. The van der Waals surface area contributed by atoms with Crippen molar-refractivity contribution < 1.29 is 8.42 Å². The van der Waals surface area contributed by atoms with Crippen LogP contribution in [0.1, 0.15) is 16.3 Å². The number of aryl methyl sites for hydroxylation is 1. The molecule has 5 nitrogen and oxygen atoms in total. The van der Waals surface area contributed by atoms with Gasteiger partial charge in [-0.25, -0.2) is 18.1 Å². The molecule has 0 fully saturated rings. The largest absolute Gasteiger partial charge is 0.389 e. The maximum absolute atomic E-state index is 12.3. The minimum Gasteiger partial charge on any atom is -0.389 e. The number of hydrogen-bond acceptors (Lipinski definition) is 5. The molecule has 0 aliphatic carbocycles. The fraction of sp³-hybridized carbons (Fsp3) is 0.231. The van der Waals surface area contributed by atoms with Crippen LogP contribution in [0.25, 0.3) is 0 Å². The molecule has 0 spiro atoms. The van der Waals surface area contributed by atoms with E-state index in [1.807, 2.05) is 12.3 Å². The minimum atomic E-state index is -3.64.